The molecule has 2 aromatic rings. The number of fused-ring (bicyclic) bond motifs is 1. The molecule has 0 aliphatic carbocycles. The van der Waals surface area contributed by atoms with Crippen molar-refractivity contribution in [3.05, 3.63) is 29.0 Å². The number of pyridine rings is 1. The largest absolute Gasteiger partial charge is 0.394 e. The zero-order chi connectivity index (χ0) is 11.7. The maximum atomic E-state index is 9.78. The minimum Gasteiger partial charge on any atom is -0.394 e. The third-order valence-corrected chi connectivity index (χ3v) is 2.74. The molecule has 4 N–H and O–H groups in total. The van der Waals surface area contributed by atoms with Crippen molar-refractivity contribution < 1.29 is 15.3 Å². The highest BCUT2D eigenvalue weighted by Crippen LogP contribution is 2.30. The van der Waals surface area contributed by atoms with Gasteiger partial charge in [0.15, 0.2) is 0 Å². The van der Waals surface area contributed by atoms with Crippen LogP contribution in [0.1, 0.15) is 11.7 Å². The van der Waals surface area contributed by atoms with Gasteiger partial charge in [0.25, 0.3) is 0 Å². The summed E-state index contributed by atoms with van der Waals surface area (Å²) in [7, 11) is 0. The first-order chi connectivity index (χ1) is 7.65. The van der Waals surface area contributed by atoms with Crippen LogP contribution in [-0.4, -0.2) is 38.0 Å². The number of aliphatic hydroxyl groups excluding tert-OH is 3. The number of aliphatic hydroxyl groups is 3. The van der Waals surface area contributed by atoms with Gasteiger partial charge in [-0.15, -0.1) is 0 Å². The van der Waals surface area contributed by atoms with E-state index in [9.17, 15) is 10.2 Å². The van der Waals surface area contributed by atoms with E-state index in [-0.39, 0.29) is 0 Å². The van der Waals surface area contributed by atoms with Crippen molar-refractivity contribution in [3.63, 3.8) is 0 Å². The average molecular weight is 243 g/mol. The van der Waals surface area contributed by atoms with Gasteiger partial charge in [-0.1, -0.05) is 11.6 Å². The number of nitrogens with zero attached hydrogens (tertiary/aromatic N) is 1. The van der Waals surface area contributed by atoms with Crippen LogP contribution in [0.3, 0.4) is 0 Å². The quantitative estimate of drug-likeness (QED) is 0.635. The topological polar surface area (TPSA) is 89.4 Å². The Kier molecular flexibility index (Phi) is 3.11. The molecule has 0 bridgehead atoms. The summed E-state index contributed by atoms with van der Waals surface area (Å²) in [5, 5.41) is 28.9. The van der Waals surface area contributed by atoms with Crippen LogP contribution in [0.2, 0.25) is 5.02 Å². The Morgan fingerprint density at radius 1 is 1.44 bits per heavy atom. The maximum absolute atomic E-state index is 9.78. The lowest BCUT2D eigenvalue weighted by Crippen LogP contribution is -2.21. The van der Waals surface area contributed by atoms with Crippen molar-refractivity contribution in [1.82, 2.24) is 9.97 Å². The third-order valence-electron chi connectivity index (χ3n) is 2.42. The number of rotatable bonds is 3. The molecular weight excluding hydrogens is 232 g/mol. The Bertz CT molecular complexity index is 500. The first-order valence-corrected chi connectivity index (χ1v) is 5.11. The molecule has 2 heterocycles. The van der Waals surface area contributed by atoms with Crippen molar-refractivity contribution in [3.8, 4) is 0 Å². The standard InChI is InChI=1S/C10H11ClN2O3/c11-6-1-2-12-10-8(6)5(3-13-10)9(16)7(15)4-14/h1-3,7,9,14-16H,4H2,(H,12,13). The van der Waals surface area contributed by atoms with Crippen molar-refractivity contribution >= 4 is 22.6 Å². The van der Waals surface area contributed by atoms with Crippen molar-refractivity contribution in [1.29, 1.82) is 0 Å². The lowest BCUT2D eigenvalue weighted by atomic mass is 10.1. The van der Waals surface area contributed by atoms with Crippen molar-refractivity contribution in [2.24, 2.45) is 0 Å². The van der Waals surface area contributed by atoms with Crippen LogP contribution in [0.15, 0.2) is 18.5 Å². The fraction of sp³-hybridized carbons (Fsp3) is 0.300. The number of halogens is 1. The first-order valence-electron chi connectivity index (χ1n) is 4.73. The minimum absolute atomic E-state index is 0.426. The second-order valence-electron chi connectivity index (χ2n) is 3.46. The summed E-state index contributed by atoms with van der Waals surface area (Å²) in [5.41, 5.74) is 0.960. The van der Waals surface area contributed by atoms with Crippen molar-refractivity contribution in [2.45, 2.75) is 12.2 Å². The third kappa shape index (κ3) is 1.78. The molecule has 0 radical (unpaired) electrons. The van der Waals surface area contributed by atoms with E-state index in [0.29, 0.717) is 21.6 Å². The summed E-state index contributed by atoms with van der Waals surface area (Å²) in [4.78, 5) is 6.88. The summed E-state index contributed by atoms with van der Waals surface area (Å²) in [6.07, 6.45) is 0.628. The Morgan fingerprint density at radius 3 is 2.88 bits per heavy atom. The SMILES string of the molecule is OCC(O)C(O)c1c[nH]c2nccc(Cl)c12. The number of hydrogen-bond acceptors (Lipinski definition) is 4. The molecule has 0 saturated carbocycles. The van der Waals surface area contributed by atoms with E-state index in [4.69, 9.17) is 16.7 Å². The normalized spacial score (nSPS) is 15.2. The lowest BCUT2D eigenvalue weighted by Gasteiger charge is -2.14. The number of aromatic amines is 1. The molecule has 0 aliphatic rings. The second kappa shape index (κ2) is 4.39. The Hall–Kier alpha value is -1.14. The molecule has 0 spiro atoms. The second-order valence-corrected chi connectivity index (χ2v) is 3.86. The molecule has 5 nitrogen and oxygen atoms in total. The van der Waals surface area contributed by atoms with E-state index in [1.165, 1.54) is 6.20 Å². The fourth-order valence-electron chi connectivity index (χ4n) is 1.58. The zero-order valence-electron chi connectivity index (χ0n) is 8.26. The Labute approximate surface area is 96.3 Å². The van der Waals surface area contributed by atoms with Gasteiger partial charge in [-0.3, -0.25) is 0 Å². The average Bonchev–Trinajstić information content (AvgIpc) is 2.72. The monoisotopic (exact) mass is 242 g/mol. The molecule has 0 fully saturated rings. The maximum Gasteiger partial charge on any atom is 0.139 e. The van der Waals surface area contributed by atoms with E-state index in [1.807, 2.05) is 0 Å². The van der Waals surface area contributed by atoms with Gasteiger partial charge in [-0.25, -0.2) is 4.98 Å². The summed E-state index contributed by atoms with van der Waals surface area (Å²) in [5.74, 6) is 0. The van der Waals surface area contributed by atoms with Gasteiger partial charge in [0.05, 0.1) is 11.6 Å². The summed E-state index contributed by atoms with van der Waals surface area (Å²) in [6, 6.07) is 1.60. The smallest absolute Gasteiger partial charge is 0.139 e. The van der Waals surface area contributed by atoms with E-state index >= 15 is 0 Å². The van der Waals surface area contributed by atoms with Gasteiger partial charge in [0.1, 0.15) is 17.9 Å². The van der Waals surface area contributed by atoms with Gasteiger partial charge in [-0.2, -0.15) is 0 Å². The molecule has 6 heteroatoms. The van der Waals surface area contributed by atoms with Crippen LogP contribution in [0.25, 0.3) is 11.0 Å². The molecular formula is C10H11ClN2O3. The molecule has 2 unspecified atom stereocenters. The van der Waals surface area contributed by atoms with Crippen LogP contribution >= 0.6 is 11.6 Å². The van der Waals surface area contributed by atoms with E-state index in [1.54, 1.807) is 12.3 Å². The number of nitrogens with one attached hydrogen (secondary N) is 1. The van der Waals surface area contributed by atoms with Crippen molar-refractivity contribution in [2.75, 3.05) is 6.61 Å². The zero-order valence-corrected chi connectivity index (χ0v) is 9.02. The van der Waals surface area contributed by atoms with E-state index < -0.39 is 18.8 Å². The number of H-pyrrole nitrogens is 1. The van der Waals surface area contributed by atoms with Crippen LogP contribution in [-0.2, 0) is 0 Å². The van der Waals surface area contributed by atoms with Gasteiger partial charge in [-0.05, 0) is 6.07 Å². The molecule has 2 rings (SSSR count). The molecule has 0 saturated heterocycles. The molecule has 0 aliphatic heterocycles. The number of hydrogen-bond donors (Lipinski definition) is 4. The Morgan fingerprint density at radius 2 is 2.19 bits per heavy atom. The molecule has 2 aromatic heterocycles. The van der Waals surface area contributed by atoms with Crippen LogP contribution in [0, 0.1) is 0 Å². The van der Waals surface area contributed by atoms with E-state index in [0.717, 1.165) is 0 Å². The van der Waals surface area contributed by atoms with Gasteiger partial charge in [0.2, 0.25) is 0 Å². The van der Waals surface area contributed by atoms with Gasteiger partial charge >= 0.3 is 0 Å². The molecule has 0 amide bonds. The summed E-state index contributed by atoms with van der Waals surface area (Å²) in [6.45, 7) is -0.522. The van der Waals surface area contributed by atoms with Crippen LogP contribution < -0.4 is 0 Å². The highest BCUT2D eigenvalue weighted by Gasteiger charge is 2.22. The molecule has 0 aromatic carbocycles. The van der Waals surface area contributed by atoms with Gasteiger partial charge in [0, 0.05) is 23.3 Å². The predicted octanol–water partition coefficient (Wildman–Crippen LogP) is 0.603. The predicted molar refractivity (Wildman–Crippen MR) is 59.2 cm³/mol. The minimum atomic E-state index is -1.24. The highest BCUT2D eigenvalue weighted by atomic mass is 35.5. The summed E-state index contributed by atoms with van der Waals surface area (Å²) >= 11 is 5.98. The van der Waals surface area contributed by atoms with Crippen LogP contribution in [0.5, 0.6) is 0 Å². The number of aromatic nitrogens is 2. The molecule has 86 valence electrons. The molecule has 16 heavy (non-hydrogen) atoms. The Balaban J connectivity index is 2.53. The highest BCUT2D eigenvalue weighted by molar-refractivity contribution is 6.35. The molecule has 2 atom stereocenters. The summed E-state index contributed by atoms with van der Waals surface area (Å²) < 4.78 is 0. The first kappa shape index (κ1) is 11.3. The van der Waals surface area contributed by atoms with Gasteiger partial charge < -0.3 is 20.3 Å². The van der Waals surface area contributed by atoms with E-state index in [2.05, 4.69) is 9.97 Å². The lowest BCUT2D eigenvalue weighted by molar-refractivity contribution is -0.0145. The van der Waals surface area contributed by atoms with Crippen LogP contribution in [0.4, 0.5) is 0 Å². The fourth-order valence-corrected chi connectivity index (χ4v) is 1.84.